The first kappa shape index (κ1) is 14.7. The second-order valence-electron chi connectivity index (χ2n) is 3.90. The molecule has 0 saturated carbocycles. The molecule has 2 nitrogen and oxygen atoms in total. The van der Waals surface area contributed by atoms with E-state index in [1.165, 1.54) is 13.2 Å². The number of halogens is 4. The van der Waals surface area contributed by atoms with Gasteiger partial charge in [-0.25, -0.2) is 0 Å². The Labute approximate surface area is 122 Å². The van der Waals surface area contributed by atoms with Crippen LogP contribution >= 0.6 is 15.9 Å². The molecule has 0 spiro atoms. The summed E-state index contributed by atoms with van der Waals surface area (Å²) in [5.41, 5.74) is -0.739. The van der Waals surface area contributed by atoms with Gasteiger partial charge in [-0.05, 0) is 46.3 Å². The lowest BCUT2D eigenvalue weighted by Crippen LogP contribution is -2.04. The van der Waals surface area contributed by atoms with Crippen molar-refractivity contribution in [3.8, 4) is 17.2 Å². The molecule has 0 heterocycles. The first-order chi connectivity index (χ1) is 9.41. The number of benzene rings is 2. The van der Waals surface area contributed by atoms with Crippen molar-refractivity contribution in [2.24, 2.45) is 0 Å². The Balaban J connectivity index is 2.31. The first-order valence-corrected chi connectivity index (χ1v) is 6.38. The van der Waals surface area contributed by atoms with E-state index in [2.05, 4.69) is 15.9 Å². The first-order valence-electron chi connectivity index (χ1n) is 5.59. The highest BCUT2D eigenvalue weighted by Crippen LogP contribution is 2.38. The molecule has 2 rings (SSSR count). The van der Waals surface area contributed by atoms with Gasteiger partial charge in [-0.3, -0.25) is 0 Å². The third-order valence-electron chi connectivity index (χ3n) is 2.55. The number of hydrogen-bond donors (Lipinski definition) is 0. The minimum absolute atomic E-state index is 0.221. The molecular weight excluding hydrogens is 337 g/mol. The fourth-order valence-electron chi connectivity index (χ4n) is 1.58. The molecule has 0 aromatic heterocycles. The number of hydrogen-bond acceptors (Lipinski definition) is 2. The van der Waals surface area contributed by atoms with E-state index in [1.54, 1.807) is 24.3 Å². The average Bonchev–Trinajstić information content (AvgIpc) is 2.40. The van der Waals surface area contributed by atoms with Gasteiger partial charge in [-0.2, -0.15) is 13.2 Å². The molecule has 0 aliphatic heterocycles. The number of rotatable bonds is 3. The van der Waals surface area contributed by atoms with Crippen LogP contribution in [0.2, 0.25) is 0 Å². The Hall–Kier alpha value is -1.69. The van der Waals surface area contributed by atoms with Gasteiger partial charge >= 0.3 is 6.18 Å². The van der Waals surface area contributed by atoms with Crippen LogP contribution in [0.25, 0.3) is 0 Å². The molecule has 0 atom stereocenters. The highest BCUT2D eigenvalue weighted by Gasteiger charge is 2.31. The maximum atomic E-state index is 12.6. The summed E-state index contributed by atoms with van der Waals surface area (Å²) in [6.45, 7) is 0. The number of alkyl halides is 3. The zero-order valence-electron chi connectivity index (χ0n) is 10.4. The molecule has 0 radical (unpaired) electrons. The third kappa shape index (κ3) is 3.25. The van der Waals surface area contributed by atoms with Crippen molar-refractivity contribution in [1.82, 2.24) is 0 Å². The van der Waals surface area contributed by atoms with Crippen LogP contribution in [0.5, 0.6) is 17.2 Å². The van der Waals surface area contributed by atoms with Crippen LogP contribution in [0.15, 0.2) is 46.9 Å². The lowest BCUT2D eigenvalue weighted by atomic mass is 10.2. The van der Waals surface area contributed by atoms with Crippen LogP contribution in [-0.4, -0.2) is 7.11 Å². The topological polar surface area (TPSA) is 18.5 Å². The van der Waals surface area contributed by atoms with E-state index in [1.807, 2.05) is 0 Å². The van der Waals surface area contributed by atoms with Crippen LogP contribution in [0, 0.1) is 0 Å². The Bertz CT molecular complexity index is 612. The zero-order chi connectivity index (χ0) is 14.8. The Kier molecular flexibility index (Phi) is 4.23. The van der Waals surface area contributed by atoms with Gasteiger partial charge in [-0.15, -0.1) is 0 Å². The monoisotopic (exact) mass is 346 g/mol. The summed E-state index contributed by atoms with van der Waals surface area (Å²) in [6.07, 6.45) is -4.38. The highest BCUT2D eigenvalue weighted by atomic mass is 79.9. The summed E-state index contributed by atoms with van der Waals surface area (Å²) in [7, 11) is 1.49. The summed E-state index contributed by atoms with van der Waals surface area (Å²) < 4.78 is 48.6. The molecule has 2 aromatic carbocycles. The molecule has 0 unspecified atom stereocenters. The van der Waals surface area contributed by atoms with E-state index in [0.717, 1.165) is 12.1 Å². The molecule has 0 fully saturated rings. The Morgan fingerprint density at radius 3 is 2.15 bits per heavy atom. The largest absolute Gasteiger partial charge is 0.493 e. The van der Waals surface area contributed by atoms with E-state index in [-0.39, 0.29) is 10.2 Å². The molecule has 0 aliphatic rings. The van der Waals surface area contributed by atoms with Gasteiger partial charge in [0.05, 0.1) is 17.1 Å². The summed E-state index contributed by atoms with van der Waals surface area (Å²) in [4.78, 5) is 0. The van der Waals surface area contributed by atoms with E-state index in [0.29, 0.717) is 11.5 Å². The van der Waals surface area contributed by atoms with E-state index in [9.17, 15) is 13.2 Å². The summed E-state index contributed by atoms with van der Waals surface area (Å²) >= 11 is 3.08. The van der Waals surface area contributed by atoms with Crippen LogP contribution < -0.4 is 9.47 Å². The average molecular weight is 347 g/mol. The van der Waals surface area contributed by atoms with E-state index in [4.69, 9.17) is 9.47 Å². The standard InChI is InChI=1S/C14H10BrF3O2/c1-19-12-4-2-3-5-13(12)20-11-7-6-9(8-10(11)15)14(16,17)18/h2-8H,1H3. The summed E-state index contributed by atoms with van der Waals surface area (Å²) in [5.74, 6) is 1.21. The van der Waals surface area contributed by atoms with Gasteiger partial charge in [0.25, 0.3) is 0 Å². The van der Waals surface area contributed by atoms with Crippen LogP contribution in [-0.2, 0) is 6.18 Å². The van der Waals surface area contributed by atoms with Crippen molar-refractivity contribution in [2.45, 2.75) is 6.18 Å². The predicted molar refractivity (Wildman–Crippen MR) is 72.2 cm³/mol. The second-order valence-corrected chi connectivity index (χ2v) is 4.75. The van der Waals surface area contributed by atoms with Crippen molar-refractivity contribution in [3.63, 3.8) is 0 Å². The van der Waals surface area contributed by atoms with Gasteiger partial charge in [0, 0.05) is 0 Å². The van der Waals surface area contributed by atoms with Gasteiger partial charge in [0.2, 0.25) is 0 Å². The molecule has 106 valence electrons. The Morgan fingerprint density at radius 1 is 0.950 bits per heavy atom. The van der Waals surface area contributed by atoms with Crippen LogP contribution in [0.4, 0.5) is 13.2 Å². The van der Waals surface area contributed by atoms with Gasteiger partial charge in [0.15, 0.2) is 11.5 Å². The summed E-state index contributed by atoms with van der Waals surface area (Å²) in [5, 5.41) is 0. The maximum Gasteiger partial charge on any atom is 0.416 e. The Morgan fingerprint density at radius 2 is 1.60 bits per heavy atom. The van der Waals surface area contributed by atoms with Crippen molar-refractivity contribution in [2.75, 3.05) is 7.11 Å². The van der Waals surface area contributed by atoms with Gasteiger partial charge in [0.1, 0.15) is 5.75 Å². The molecule has 0 bridgehead atoms. The van der Waals surface area contributed by atoms with Gasteiger partial charge in [-0.1, -0.05) is 12.1 Å². The van der Waals surface area contributed by atoms with Crippen LogP contribution in [0.1, 0.15) is 5.56 Å². The maximum absolute atomic E-state index is 12.6. The number of methoxy groups -OCH3 is 1. The SMILES string of the molecule is COc1ccccc1Oc1ccc(C(F)(F)F)cc1Br. The molecule has 6 heteroatoms. The van der Waals surface area contributed by atoms with Crippen molar-refractivity contribution in [1.29, 1.82) is 0 Å². The van der Waals surface area contributed by atoms with Gasteiger partial charge < -0.3 is 9.47 Å². The lowest BCUT2D eigenvalue weighted by molar-refractivity contribution is -0.137. The molecule has 0 amide bonds. The molecule has 2 aromatic rings. The molecular formula is C14H10BrF3O2. The molecule has 0 aliphatic carbocycles. The fraction of sp³-hybridized carbons (Fsp3) is 0.143. The minimum atomic E-state index is -4.38. The van der Waals surface area contributed by atoms with Crippen molar-refractivity contribution >= 4 is 15.9 Å². The third-order valence-corrected chi connectivity index (χ3v) is 3.17. The molecule has 20 heavy (non-hydrogen) atoms. The molecule has 0 N–H and O–H groups in total. The number of para-hydroxylation sites is 2. The normalized spacial score (nSPS) is 11.2. The highest BCUT2D eigenvalue weighted by molar-refractivity contribution is 9.10. The second kappa shape index (κ2) is 5.75. The summed E-state index contributed by atoms with van der Waals surface area (Å²) in [6, 6.07) is 10.1. The van der Waals surface area contributed by atoms with Crippen LogP contribution in [0.3, 0.4) is 0 Å². The zero-order valence-corrected chi connectivity index (χ0v) is 12.0. The van der Waals surface area contributed by atoms with E-state index < -0.39 is 11.7 Å². The van der Waals surface area contributed by atoms with Crippen molar-refractivity contribution in [3.05, 3.63) is 52.5 Å². The minimum Gasteiger partial charge on any atom is -0.493 e. The molecule has 0 saturated heterocycles. The predicted octanol–water partition coefficient (Wildman–Crippen LogP) is 5.27. The number of ether oxygens (including phenoxy) is 2. The van der Waals surface area contributed by atoms with Crippen molar-refractivity contribution < 1.29 is 22.6 Å². The van der Waals surface area contributed by atoms with E-state index >= 15 is 0 Å². The quantitative estimate of drug-likeness (QED) is 0.753. The lowest BCUT2D eigenvalue weighted by Gasteiger charge is -2.13. The smallest absolute Gasteiger partial charge is 0.416 e. The fourth-order valence-corrected chi connectivity index (χ4v) is 2.04.